The first-order valence-corrected chi connectivity index (χ1v) is 9.20. The minimum atomic E-state index is -0.494. The predicted octanol–water partition coefficient (Wildman–Crippen LogP) is 2.81. The molecule has 0 aromatic rings. The number of rotatable bonds is 4. The van der Waals surface area contributed by atoms with Gasteiger partial charge in [0.15, 0.2) is 0 Å². The zero-order valence-corrected chi connectivity index (χ0v) is 14.8. The molecule has 0 amide bonds. The Labute approximate surface area is 143 Å². The van der Waals surface area contributed by atoms with E-state index in [1.54, 1.807) is 0 Å². The summed E-state index contributed by atoms with van der Waals surface area (Å²) >= 11 is 0. The number of ketones is 2. The lowest BCUT2D eigenvalue weighted by Gasteiger charge is -2.35. The third-order valence-electron chi connectivity index (χ3n) is 7.29. The maximum Gasteiger partial charge on any atom is 0.306 e. The van der Waals surface area contributed by atoms with Crippen molar-refractivity contribution in [2.75, 3.05) is 0 Å². The van der Waals surface area contributed by atoms with Crippen molar-refractivity contribution in [2.45, 2.75) is 46.1 Å². The molecule has 24 heavy (non-hydrogen) atoms. The number of esters is 1. The molecule has 4 aliphatic carbocycles. The van der Waals surface area contributed by atoms with Crippen molar-refractivity contribution in [1.82, 2.24) is 0 Å². The van der Waals surface area contributed by atoms with Gasteiger partial charge >= 0.3 is 5.97 Å². The van der Waals surface area contributed by atoms with Crippen LogP contribution in [0.4, 0.5) is 0 Å². The Morgan fingerprint density at radius 2 is 1.79 bits per heavy atom. The fourth-order valence-electron chi connectivity index (χ4n) is 5.54. The van der Waals surface area contributed by atoms with Crippen LogP contribution in [-0.2, 0) is 19.1 Å². The van der Waals surface area contributed by atoms with Gasteiger partial charge in [0.1, 0.15) is 17.2 Å². The van der Waals surface area contributed by atoms with Crippen molar-refractivity contribution in [3.63, 3.8) is 0 Å². The van der Waals surface area contributed by atoms with E-state index in [-0.39, 0.29) is 53.3 Å². The molecule has 0 aliphatic heterocycles. The Hall–Kier alpha value is -1.45. The highest BCUT2D eigenvalue weighted by Crippen LogP contribution is 2.64. The van der Waals surface area contributed by atoms with Crippen molar-refractivity contribution in [3.8, 4) is 0 Å². The molecule has 0 radical (unpaired) electrons. The Balaban J connectivity index is 1.48. The minimum absolute atomic E-state index is 0.0141. The van der Waals surface area contributed by atoms with E-state index in [4.69, 9.17) is 4.74 Å². The lowest BCUT2D eigenvalue weighted by atomic mass is 9.69. The summed E-state index contributed by atoms with van der Waals surface area (Å²) in [7, 11) is 0. The Kier molecular flexibility index (Phi) is 3.36. The summed E-state index contributed by atoms with van der Waals surface area (Å²) in [4.78, 5) is 37.4. The first kappa shape index (κ1) is 16.0. The molecule has 4 bridgehead atoms. The Bertz CT molecular complexity index is 644. The number of hydrogen-bond donors (Lipinski definition) is 0. The molecule has 4 aliphatic rings. The molecule has 7 unspecified atom stereocenters. The van der Waals surface area contributed by atoms with Crippen LogP contribution >= 0.6 is 0 Å². The van der Waals surface area contributed by atoms with Crippen LogP contribution in [0.1, 0.15) is 40.5 Å². The van der Waals surface area contributed by atoms with Crippen LogP contribution in [-0.4, -0.2) is 23.1 Å². The second-order valence-corrected chi connectivity index (χ2v) is 8.96. The van der Waals surface area contributed by atoms with Gasteiger partial charge < -0.3 is 4.74 Å². The van der Waals surface area contributed by atoms with E-state index in [1.165, 1.54) is 0 Å². The molecular formula is C20H26O4. The predicted molar refractivity (Wildman–Crippen MR) is 87.8 cm³/mol. The van der Waals surface area contributed by atoms with Crippen LogP contribution in [0.25, 0.3) is 0 Å². The lowest BCUT2D eigenvalue weighted by Crippen LogP contribution is -2.36. The van der Waals surface area contributed by atoms with Gasteiger partial charge in [-0.15, -0.1) is 0 Å². The van der Waals surface area contributed by atoms with Gasteiger partial charge in [-0.1, -0.05) is 26.0 Å². The molecule has 4 heteroatoms. The molecular weight excluding hydrogens is 304 g/mol. The highest BCUT2D eigenvalue weighted by atomic mass is 16.6. The fourth-order valence-corrected chi connectivity index (χ4v) is 5.54. The van der Waals surface area contributed by atoms with Gasteiger partial charge in [-0.2, -0.15) is 0 Å². The molecule has 0 heterocycles. The minimum Gasteiger partial charge on any atom is -0.459 e. The number of Topliss-reactive ketones (excluding diaryl/α,β-unsaturated/α-hetero) is 2. The number of allylic oxidation sites excluding steroid dienone is 2. The van der Waals surface area contributed by atoms with Crippen molar-refractivity contribution in [2.24, 2.45) is 47.3 Å². The molecule has 3 fully saturated rings. The number of carbonyl (C=O) groups is 3. The molecule has 4 rings (SSSR count). The summed E-state index contributed by atoms with van der Waals surface area (Å²) in [6.07, 6.45) is 5.07. The molecule has 0 aromatic heterocycles. The average molecular weight is 330 g/mol. The van der Waals surface area contributed by atoms with Gasteiger partial charge in [0, 0.05) is 30.1 Å². The van der Waals surface area contributed by atoms with E-state index in [0.29, 0.717) is 18.0 Å². The van der Waals surface area contributed by atoms with Crippen LogP contribution in [0.2, 0.25) is 0 Å². The highest BCUT2D eigenvalue weighted by molar-refractivity contribution is 5.99. The van der Waals surface area contributed by atoms with Crippen molar-refractivity contribution < 1.29 is 19.1 Å². The molecule has 0 spiro atoms. The summed E-state index contributed by atoms with van der Waals surface area (Å²) in [5.74, 6) is 0.809. The van der Waals surface area contributed by atoms with Crippen molar-refractivity contribution in [3.05, 3.63) is 12.2 Å². The SMILES string of the molecule is CC(C)C(C)(C)OC(=O)CC1CC2C(=O)C1C1C3C=CC(C3=O)C21. The van der Waals surface area contributed by atoms with Crippen LogP contribution in [0, 0.1) is 47.3 Å². The van der Waals surface area contributed by atoms with Crippen LogP contribution in [0.15, 0.2) is 12.2 Å². The number of hydrogen-bond acceptors (Lipinski definition) is 4. The van der Waals surface area contributed by atoms with Crippen LogP contribution < -0.4 is 0 Å². The van der Waals surface area contributed by atoms with E-state index >= 15 is 0 Å². The standard InChI is InChI=1S/C20H26O4/c1-9(2)20(3,4)24-14(21)8-10-7-13-16-11-5-6-12(18(11)22)17(16)15(10)19(13)23/h5-6,9-13,15-17H,7-8H2,1-4H3. The van der Waals surface area contributed by atoms with E-state index in [0.717, 1.165) is 6.42 Å². The van der Waals surface area contributed by atoms with Gasteiger partial charge in [-0.25, -0.2) is 0 Å². The normalized spacial score (nSPS) is 42.3. The second kappa shape index (κ2) is 5.03. The number of fused-ring (bicyclic) bond motifs is 9. The van der Waals surface area contributed by atoms with Gasteiger partial charge in [0.05, 0.1) is 0 Å². The fraction of sp³-hybridized carbons (Fsp3) is 0.750. The maximum absolute atomic E-state index is 12.7. The monoisotopic (exact) mass is 330 g/mol. The molecule has 4 nitrogen and oxygen atoms in total. The molecule has 0 N–H and O–H groups in total. The van der Waals surface area contributed by atoms with Gasteiger partial charge in [-0.3, -0.25) is 14.4 Å². The summed E-state index contributed by atoms with van der Waals surface area (Å²) in [5.41, 5.74) is -0.494. The number of carbonyl (C=O) groups excluding carboxylic acids is 3. The Morgan fingerprint density at radius 1 is 1.17 bits per heavy atom. The first-order valence-electron chi connectivity index (χ1n) is 9.20. The lowest BCUT2D eigenvalue weighted by molar-refractivity contribution is -0.162. The maximum atomic E-state index is 12.7. The van der Waals surface area contributed by atoms with Crippen molar-refractivity contribution >= 4 is 17.5 Å². The van der Waals surface area contributed by atoms with E-state index in [9.17, 15) is 14.4 Å². The van der Waals surface area contributed by atoms with E-state index in [2.05, 4.69) is 0 Å². The first-order chi connectivity index (χ1) is 11.2. The second-order valence-electron chi connectivity index (χ2n) is 8.96. The third kappa shape index (κ3) is 2.01. The van der Waals surface area contributed by atoms with Gasteiger partial charge in [-0.05, 0) is 43.9 Å². The molecule has 0 saturated heterocycles. The van der Waals surface area contributed by atoms with E-state index in [1.807, 2.05) is 39.8 Å². The summed E-state index contributed by atoms with van der Waals surface area (Å²) in [6, 6.07) is 0. The van der Waals surface area contributed by atoms with Gasteiger partial charge in [0.2, 0.25) is 0 Å². The van der Waals surface area contributed by atoms with Crippen LogP contribution in [0.3, 0.4) is 0 Å². The zero-order valence-electron chi connectivity index (χ0n) is 14.8. The molecule has 7 atom stereocenters. The zero-order chi connectivity index (χ0) is 17.4. The van der Waals surface area contributed by atoms with Crippen molar-refractivity contribution in [1.29, 1.82) is 0 Å². The summed E-state index contributed by atoms with van der Waals surface area (Å²) in [6.45, 7) is 7.92. The third-order valence-corrected chi connectivity index (χ3v) is 7.29. The summed E-state index contributed by atoms with van der Waals surface area (Å²) in [5, 5.41) is 0. The smallest absolute Gasteiger partial charge is 0.306 e. The average Bonchev–Trinajstić information content (AvgIpc) is 3.15. The topological polar surface area (TPSA) is 60.4 Å². The largest absolute Gasteiger partial charge is 0.459 e. The summed E-state index contributed by atoms with van der Waals surface area (Å²) < 4.78 is 5.67. The molecule has 0 aromatic carbocycles. The van der Waals surface area contributed by atoms with Crippen LogP contribution in [0.5, 0.6) is 0 Å². The number of ether oxygens (including phenoxy) is 1. The Morgan fingerprint density at radius 3 is 2.42 bits per heavy atom. The molecule has 130 valence electrons. The highest BCUT2D eigenvalue weighted by Gasteiger charge is 2.68. The molecule has 3 saturated carbocycles. The quantitative estimate of drug-likeness (QED) is 0.452. The van der Waals surface area contributed by atoms with Gasteiger partial charge in [0.25, 0.3) is 0 Å². The van der Waals surface area contributed by atoms with E-state index < -0.39 is 5.60 Å².